The number of allylic oxidation sites excluding steroid dienone is 1. The second-order valence-corrected chi connectivity index (χ2v) is 6.55. The molecular weight excluding hydrogens is 309 g/mol. The van der Waals surface area contributed by atoms with Gasteiger partial charge in [-0.05, 0) is 72.9 Å². The number of hydrogen-bond donors (Lipinski definition) is 1. The molecule has 0 saturated carbocycles. The molecule has 0 saturated heterocycles. The van der Waals surface area contributed by atoms with Gasteiger partial charge in [0.05, 0.1) is 5.52 Å². The van der Waals surface area contributed by atoms with Crippen LogP contribution in [0.5, 0.6) is 0 Å². The standard InChI is InChI=1S/C23H20FN/c1-4-5-16-6-9-20-21-13-17(19-10-8-18(24)12-14(19)2)7-11-22(21)25-23(20)15(16)3/h4-13,25H,1-3H3/b5-4-. The van der Waals surface area contributed by atoms with E-state index in [9.17, 15) is 4.39 Å². The van der Waals surface area contributed by atoms with Crippen LogP contribution >= 0.6 is 0 Å². The van der Waals surface area contributed by atoms with Crippen LogP contribution < -0.4 is 0 Å². The average Bonchev–Trinajstić information content (AvgIpc) is 2.96. The zero-order chi connectivity index (χ0) is 17.6. The van der Waals surface area contributed by atoms with Crippen molar-refractivity contribution in [2.45, 2.75) is 20.8 Å². The maximum Gasteiger partial charge on any atom is 0.123 e. The summed E-state index contributed by atoms with van der Waals surface area (Å²) in [4.78, 5) is 3.55. The smallest absolute Gasteiger partial charge is 0.123 e. The Morgan fingerprint density at radius 3 is 2.52 bits per heavy atom. The predicted molar refractivity (Wildman–Crippen MR) is 105 cm³/mol. The molecule has 124 valence electrons. The molecule has 0 aliphatic carbocycles. The van der Waals surface area contributed by atoms with Crippen molar-refractivity contribution in [1.82, 2.24) is 4.98 Å². The van der Waals surface area contributed by atoms with Gasteiger partial charge in [0, 0.05) is 16.3 Å². The molecule has 0 amide bonds. The van der Waals surface area contributed by atoms with E-state index >= 15 is 0 Å². The first-order valence-electron chi connectivity index (χ1n) is 8.53. The summed E-state index contributed by atoms with van der Waals surface area (Å²) in [6, 6.07) is 15.7. The second-order valence-electron chi connectivity index (χ2n) is 6.55. The molecule has 0 aliphatic heterocycles. The summed E-state index contributed by atoms with van der Waals surface area (Å²) in [5.74, 6) is -0.193. The van der Waals surface area contributed by atoms with Crippen molar-refractivity contribution in [2.24, 2.45) is 0 Å². The maximum absolute atomic E-state index is 13.4. The largest absolute Gasteiger partial charge is 0.354 e. The summed E-state index contributed by atoms with van der Waals surface area (Å²) in [6.07, 6.45) is 4.19. The van der Waals surface area contributed by atoms with Crippen molar-refractivity contribution in [2.75, 3.05) is 0 Å². The van der Waals surface area contributed by atoms with Gasteiger partial charge in [0.1, 0.15) is 5.82 Å². The molecule has 4 aromatic rings. The van der Waals surface area contributed by atoms with Crippen LogP contribution in [0.3, 0.4) is 0 Å². The van der Waals surface area contributed by atoms with Gasteiger partial charge in [-0.2, -0.15) is 0 Å². The van der Waals surface area contributed by atoms with Gasteiger partial charge in [-0.1, -0.05) is 36.4 Å². The van der Waals surface area contributed by atoms with E-state index in [4.69, 9.17) is 0 Å². The van der Waals surface area contributed by atoms with Gasteiger partial charge in [-0.15, -0.1) is 0 Å². The number of halogens is 1. The highest BCUT2D eigenvalue weighted by atomic mass is 19.1. The third-order valence-corrected chi connectivity index (χ3v) is 4.92. The van der Waals surface area contributed by atoms with Crippen molar-refractivity contribution in [3.63, 3.8) is 0 Å². The average molecular weight is 329 g/mol. The zero-order valence-corrected chi connectivity index (χ0v) is 14.7. The van der Waals surface area contributed by atoms with Gasteiger partial charge >= 0.3 is 0 Å². The van der Waals surface area contributed by atoms with Crippen LogP contribution in [0.1, 0.15) is 23.6 Å². The molecule has 0 radical (unpaired) electrons. The Kier molecular flexibility index (Phi) is 3.69. The molecule has 2 heteroatoms. The molecule has 1 nitrogen and oxygen atoms in total. The molecule has 3 aromatic carbocycles. The first-order valence-corrected chi connectivity index (χ1v) is 8.53. The van der Waals surface area contributed by atoms with Crippen LogP contribution in [0, 0.1) is 19.7 Å². The van der Waals surface area contributed by atoms with Crippen LogP contribution in [0.2, 0.25) is 0 Å². The highest BCUT2D eigenvalue weighted by molar-refractivity contribution is 6.10. The Hall–Kier alpha value is -2.87. The lowest BCUT2D eigenvalue weighted by Gasteiger charge is -2.06. The molecule has 0 spiro atoms. The van der Waals surface area contributed by atoms with E-state index in [1.165, 1.54) is 33.5 Å². The Labute approximate surface area is 146 Å². The summed E-state index contributed by atoms with van der Waals surface area (Å²) in [5, 5.41) is 2.42. The van der Waals surface area contributed by atoms with Gasteiger partial charge in [0.2, 0.25) is 0 Å². The number of rotatable bonds is 2. The van der Waals surface area contributed by atoms with E-state index in [1.54, 1.807) is 6.07 Å². The lowest BCUT2D eigenvalue weighted by molar-refractivity contribution is 0.627. The Morgan fingerprint density at radius 2 is 1.76 bits per heavy atom. The van der Waals surface area contributed by atoms with E-state index in [2.05, 4.69) is 54.4 Å². The third kappa shape index (κ3) is 2.54. The van der Waals surface area contributed by atoms with E-state index in [0.29, 0.717) is 0 Å². The number of fused-ring (bicyclic) bond motifs is 3. The SMILES string of the molecule is C/C=C\c1ccc2c([nH]c3ccc(-c4ccc(F)cc4C)cc32)c1C. The molecule has 0 fully saturated rings. The van der Waals surface area contributed by atoms with Crippen LogP contribution in [-0.4, -0.2) is 4.98 Å². The van der Waals surface area contributed by atoms with Gasteiger partial charge in [-0.3, -0.25) is 0 Å². The first kappa shape index (κ1) is 15.6. The van der Waals surface area contributed by atoms with Crippen LogP contribution in [0.4, 0.5) is 4.39 Å². The molecular formula is C23H20FN. The normalized spacial score (nSPS) is 11.8. The van der Waals surface area contributed by atoms with E-state index in [0.717, 1.165) is 22.2 Å². The Balaban J connectivity index is 1.96. The highest BCUT2D eigenvalue weighted by Gasteiger charge is 2.10. The molecule has 4 rings (SSSR count). The first-order chi connectivity index (χ1) is 12.1. The minimum Gasteiger partial charge on any atom is -0.354 e. The molecule has 0 atom stereocenters. The van der Waals surface area contributed by atoms with Crippen molar-refractivity contribution >= 4 is 27.9 Å². The predicted octanol–water partition coefficient (Wildman–Crippen LogP) is 6.78. The number of aromatic amines is 1. The molecule has 1 N–H and O–H groups in total. The minimum absolute atomic E-state index is 0.193. The fourth-order valence-corrected chi connectivity index (χ4v) is 3.60. The monoisotopic (exact) mass is 329 g/mol. The number of aryl methyl sites for hydroxylation is 2. The van der Waals surface area contributed by atoms with Crippen molar-refractivity contribution in [1.29, 1.82) is 0 Å². The van der Waals surface area contributed by atoms with Gasteiger partial charge in [0.25, 0.3) is 0 Å². The van der Waals surface area contributed by atoms with E-state index in [-0.39, 0.29) is 5.82 Å². The van der Waals surface area contributed by atoms with Gasteiger partial charge in [-0.25, -0.2) is 4.39 Å². The number of H-pyrrole nitrogens is 1. The maximum atomic E-state index is 13.4. The number of aromatic nitrogens is 1. The minimum atomic E-state index is -0.193. The van der Waals surface area contributed by atoms with E-state index < -0.39 is 0 Å². The highest BCUT2D eigenvalue weighted by Crippen LogP contribution is 2.33. The number of nitrogens with one attached hydrogen (secondary N) is 1. The fourth-order valence-electron chi connectivity index (χ4n) is 3.60. The van der Waals surface area contributed by atoms with Crippen LogP contribution in [0.15, 0.2) is 54.6 Å². The fraction of sp³-hybridized carbons (Fsp3) is 0.130. The van der Waals surface area contributed by atoms with Crippen molar-refractivity contribution in [3.8, 4) is 11.1 Å². The number of hydrogen-bond acceptors (Lipinski definition) is 0. The van der Waals surface area contributed by atoms with Crippen LogP contribution in [0.25, 0.3) is 39.0 Å². The van der Waals surface area contributed by atoms with Gasteiger partial charge in [0.15, 0.2) is 0 Å². The molecule has 0 bridgehead atoms. The van der Waals surface area contributed by atoms with Crippen molar-refractivity contribution in [3.05, 3.63) is 77.1 Å². The third-order valence-electron chi connectivity index (χ3n) is 4.92. The molecule has 1 aromatic heterocycles. The molecule has 0 unspecified atom stereocenters. The summed E-state index contributed by atoms with van der Waals surface area (Å²) < 4.78 is 13.4. The molecule has 25 heavy (non-hydrogen) atoms. The van der Waals surface area contributed by atoms with Gasteiger partial charge < -0.3 is 4.98 Å². The lowest BCUT2D eigenvalue weighted by atomic mass is 9.98. The molecule has 1 heterocycles. The summed E-state index contributed by atoms with van der Waals surface area (Å²) in [7, 11) is 0. The van der Waals surface area contributed by atoms with E-state index in [1.807, 2.05) is 19.9 Å². The van der Waals surface area contributed by atoms with Crippen LogP contribution in [-0.2, 0) is 0 Å². The topological polar surface area (TPSA) is 15.8 Å². The Bertz CT molecular complexity index is 1130. The lowest BCUT2D eigenvalue weighted by Crippen LogP contribution is -1.85. The zero-order valence-electron chi connectivity index (χ0n) is 14.7. The Morgan fingerprint density at radius 1 is 0.920 bits per heavy atom. The summed E-state index contributed by atoms with van der Waals surface area (Å²) in [5.41, 5.74) is 7.92. The second kappa shape index (κ2) is 5.89. The molecule has 0 aliphatic rings. The summed E-state index contributed by atoms with van der Waals surface area (Å²) >= 11 is 0. The quantitative estimate of drug-likeness (QED) is 0.417. The number of benzene rings is 3. The van der Waals surface area contributed by atoms with Crippen molar-refractivity contribution < 1.29 is 4.39 Å². The summed E-state index contributed by atoms with van der Waals surface area (Å²) in [6.45, 7) is 6.13.